The molecule has 6 heteroatoms. The summed E-state index contributed by atoms with van der Waals surface area (Å²) < 4.78 is 1.58. The molecule has 1 heterocycles. The van der Waals surface area contributed by atoms with Crippen molar-refractivity contribution >= 4 is 11.7 Å². The van der Waals surface area contributed by atoms with Gasteiger partial charge in [0.1, 0.15) is 0 Å². The molecule has 1 amide bonds. The van der Waals surface area contributed by atoms with Crippen molar-refractivity contribution in [3.05, 3.63) is 48.3 Å². The average molecular weight is 339 g/mol. The molecule has 4 rings (SSSR count). The van der Waals surface area contributed by atoms with E-state index in [0.717, 1.165) is 24.9 Å². The van der Waals surface area contributed by atoms with E-state index in [1.165, 1.54) is 6.20 Å². The first kappa shape index (κ1) is 16.0. The van der Waals surface area contributed by atoms with Gasteiger partial charge in [0, 0.05) is 24.8 Å². The Kier molecular flexibility index (Phi) is 4.13. The number of aromatic nitrogens is 2. The lowest BCUT2D eigenvalue weighted by Crippen LogP contribution is -2.47. The predicted octanol–water partition coefficient (Wildman–Crippen LogP) is 1.58. The van der Waals surface area contributed by atoms with E-state index in [-0.39, 0.29) is 24.1 Å². The zero-order valence-electron chi connectivity index (χ0n) is 13.8. The summed E-state index contributed by atoms with van der Waals surface area (Å²) in [6.45, 7) is 0.0617. The van der Waals surface area contributed by atoms with Gasteiger partial charge in [0.15, 0.2) is 0 Å². The van der Waals surface area contributed by atoms with Crippen molar-refractivity contribution in [2.75, 3.05) is 6.61 Å². The van der Waals surface area contributed by atoms with Gasteiger partial charge < -0.3 is 10.4 Å². The molecule has 25 heavy (non-hydrogen) atoms. The van der Waals surface area contributed by atoms with Crippen LogP contribution in [0.15, 0.2) is 42.7 Å². The Hall–Kier alpha value is -2.47. The Bertz CT molecular complexity index is 786. The van der Waals surface area contributed by atoms with Crippen molar-refractivity contribution in [3.63, 3.8) is 0 Å². The molecule has 1 aromatic heterocycles. The molecule has 0 spiro atoms. The minimum absolute atomic E-state index is 0.0617. The highest BCUT2D eigenvalue weighted by molar-refractivity contribution is 6.42. The van der Waals surface area contributed by atoms with Crippen molar-refractivity contribution in [1.29, 1.82) is 0 Å². The summed E-state index contributed by atoms with van der Waals surface area (Å²) in [4.78, 5) is 24.9. The zero-order valence-corrected chi connectivity index (χ0v) is 13.8. The van der Waals surface area contributed by atoms with Crippen LogP contribution < -0.4 is 5.32 Å². The van der Waals surface area contributed by atoms with Crippen LogP contribution in [0.2, 0.25) is 0 Å². The Balaban J connectivity index is 1.46. The fourth-order valence-corrected chi connectivity index (χ4v) is 4.41. The van der Waals surface area contributed by atoms with E-state index < -0.39 is 11.7 Å². The maximum Gasteiger partial charge on any atom is 0.292 e. The van der Waals surface area contributed by atoms with E-state index in [4.69, 9.17) is 0 Å². The van der Waals surface area contributed by atoms with Gasteiger partial charge in [0.05, 0.1) is 17.4 Å². The zero-order chi connectivity index (χ0) is 17.4. The molecular weight excluding hydrogens is 318 g/mol. The molecule has 6 nitrogen and oxygen atoms in total. The largest absolute Gasteiger partial charge is 0.396 e. The number of benzene rings is 1. The van der Waals surface area contributed by atoms with Gasteiger partial charge in [0.2, 0.25) is 0 Å². The summed E-state index contributed by atoms with van der Waals surface area (Å²) in [6, 6.07) is 9.33. The number of carbonyl (C=O) groups is 2. The minimum atomic E-state index is -0.608. The number of rotatable bonds is 5. The fourth-order valence-electron chi connectivity index (χ4n) is 4.41. The van der Waals surface area contributed by atoms with Gasteiger partial charge in [-0.25, -0.2) is 4.68 Å². The second kappa shape index (κ2) is 6.44. The lowest BCUT2D eigenvalue weighted by molar-refractivity contribution is -0.118. The van der Waals surface area contributed by atoms with Crippen LogP contribution in [0.5, 0.6) is 0 Å². The van der Waals surface area contributed by atoms with Crippen molar-refractivity contribution in [3.8, 4) is 5.69 Å². The molecule has 2 saturated carbocycles. The average Bonchev–Trinajstić information content (AvgIpc) is 3.37. The highest BCUT2D eigenvalue weighted by Gasteiger charge is 2.48. The topological polar surface area (TPSA) is 84.2 Å². The molecule has 0 saturated heterocycles. The molecule has 2 fully saturated rings. The molecule has 0 aliphatic heterocycles. The van der Waals surface area contributed by atoms with Gasteiger partial charge in [-0.3, -0.25) is 9.59 Å². The lowest BCUT2D eigenvalue weighted by atomic mass is 9.85. The predicted molar refractivity (Wildman–Crippen MR) is 91.2 cm³/mol. The molecule has 4 atom stereocenters. The van der Waals surface area contributed by atoms with Crippen LogP contribution in [0.25, 0.3) is 5.69 Å². The van der Waals surface area contributed by atoms with Gasteiger partial charge in [-0.2, -0.15) is 5.10 Å². The summed E-state index contributed by atoms with van der Waals surface area (Å²) >= 11 is 0. The summed E-state index contributed by atoms with van der Waals surface area (Å²) in [7, 11) is 0. The van der Waals surface area contributed by atoms with Crippen LogP contribution in [0.4, 0.5) is 0 Å². The number of nitrogens with one attached hydrogen (secondary N) is 1. The lowest BCUT2D eigenvalue weighted by Gasteiger charge is -2.30. The maximum absolute atomic E-state index is 12.5. The van der Waals surface area contributed by atoms with Gasteiger partial charge in [-0.15, -0.1) is 0 Å². The number of fused-ring (bicyclic) bond motifs is 2. The van der Waals surface area contributed by atoms with Crippen LogP contribution >= 0.6 is 0 Å². The molecule has 2 N–H and O–H groups in total. The number of Topliss-reactive ketones (excluding diaryl/α,β-unsaturated/α-hetero) is 1. The van der Waals surface area contributed by atoms with Gasteiger partial charge >= 0.3 is 0 Å². The molecule has 4 unspecified atom stereocenters. The minimum Gasteiger partial charge on any atom is -0.396 e. The Morgan fingerprint density at radius 1 is 1.20 bits per heavy atom. The van der Waals surface area contributed by atoms with Crippen molar-refractivity contribution in [2.24, 2.45) is 17.8 Å². The van der Waals surface area contributed by atoms with E-state index in [0.29, 0.717) is 11.8 Å². The molecule has 2 bridgehead atoms. The van der Waals surface area contributed by atoms with E-state index >= 15 is 0 Å². The second-order valence-corrected chi connectivity index (χ2v) is 7.02. The van der Waals surface area contributed by atoms with Gasteiger partial charge in [0.25, 0.3) is 11.7 Å². The SMILES string of the molecule is O=C(NC1C2CCC(C2)C1CO)C(=O)c1cnn(-c2ccccc2)c1. The number of ketones is 1. The van der Waals surface area contributed by atoms with E-state index in [1.54, 1.807) is 10.9 Å². The quantitative estimate of drug-likeness (QED) is 0.640. The maximum atomic E-state index is 12.5. The number of carbonyl (C=O) groups excluding carboxylic acids is 2. The third kappa shape index (κ3) is 2.87. The Labute approximate surface area is 145 Å². The van der Waals surface area contributed by atoms with Crippen LogP contribution in [0, 0.1) is 17.8 Å². The fraction of sp³-hybridized carbons (Fsp3) is 0.421. The van der Waals surface area contributed by atoms with Crippen LogP contribution in [0.3, 0.4) is 0 Å². The summed E-state index contributed by atoms with van der Waals surface area (Å²) in [5.74, 6) is -0.269. The third-order valence-electron chi connectivity index (χ3n) is 5.67. The third-order valence-corrected chi connectivity index (χ3v) is 5.67. The molecule has 0 radical (unpaired) electrons. The normalized spacial score (nSPS) is 27.4. The molecular formula is C19H21N3O3. The Morgan fingerprint density at radius 3 is 2.72 bits per heavy atom. The number of hydrogen-bond acceptors (Lipinski definition) is 4. The van der Waals surface area contributed by atoms with E-state index in [1.807, 2.05) is 30.3 Å². The van der Waals surface area contributed by atoms with Gasteiger partial charge in [-0.05, 0) is 43.2 Å². The first-order chi connectivity index (χ1) is 12.2. The van der Waals surface area contributed by atoms with Crippen LogP contribution in [-0.2, 0) is 4.79 Å². The monoisotopic (exact) mass is 339 g/mol. The highest BCUT2D eigenvalue weighted by Crippen LogP contribution is 2.48. The number of aliphatic hydroxyl groups is 1. The highest BCUT2D eigenvalue weighted by atomic mass is 16.3. The van der Waals surface area contributed by atoms with Crippen molar-refractivity contribution < 1.29 is 14.7 Å². The summed E-state index contributed by atoms with van der Waals surface area (Å²) in [5, 5.41) is 16.6. The second-order valence-electron chi connectivity index (χ2n) is 7.02. The van der Waals surface area contributed by atoms with Gasteiger partial charge in [-0.1, -0.05) is 18.2 Å². The van der Waals surface area contributed by atoms with E-state index in [2.05, 4.69) is 10.4 Å². The molecule has 130 valence electrons. The number of amides is 1. The molecule has 2 aromatic rings. The summed E-state index contributed by atoms with van der Waals surface area (Å²) in [6.07, 6.45) is 6.20. The van der Waals surface area contributed by atoms with E-state index in [9.17, 15) is 14.7 Å². The number of aliphatic hydroxyl groups excluding tert-OH is 1. The number of hydrogen-bond donors (Lipinski definition) is 2. The van der Waals surface area contributed by atoms with Crippen molar-refractivity contribution in [1.82, 2.24) is 15.1 Å². The molecule has 1 aromatic carbocycles. The first-order valence-electron chi connectivity index (χ1n) is 8.73. The Morgan fingerprint density at radius 2 is 1.96 bits per heavy atom. The molecule has 2 aliphatic rings. The number of para-hydroxylation sites is 1. The van der Waals surface area contributed by atoms with Crippen LogP contribution in [-0.4, -0.2) is 39.2 Å². The summed E-state index contributed by atoms with van der Waals surface area (Å²) in [5.41, 5.74) is 1.10. The van der Waals surface area contributed by atoms with Crippen molar-refractivity contribution in [2.45, 2.75) is 25.3 Å². The first-order valence-corrected chi connectivity index (χ1v) is 8.73. The standard InChI is InChI=1S/C19H21N3O3/c23-11-16-12-6-7-13(8-12)17(16)21-19(25)18(24)14-9-20-22(10-14)15-4-2-1-3-5-15/h1-5,9-10,12-13,16-17,23H,6-8,11H2,(H,21,25). The molecule has 2 aliphatic carbocycles. The van der Waals surface area contributed by atoms with Crippen LogP contribution in [0.1, 0.15) is 29.6 Å². The number of nitrogens with zero attached hydrogens (tertiary/aromatic N) is 2. The smallest absolute Gasteiger partial charge is 0.292 e.